The number of hydrogen-bond acceptors (Lipinski definition) is 3. The number of halogens is 1. The zero-order chi connectivity index (χ0) is 11.5. The topological polar surface area (TPSA) is 30.7 Å². The molecule has 0 aliphatic heterocycles. The first kappa shape index (κ1) is 11.5. The maximum Gasteiger partial charge on any atom is 0.186 e. The second kappa shape index (κ2) is 4.89. The average molecular weight is 254 g/mol. The first-order valence-corrected chi connectivity index (χ1v) is 6.37. The van der Waals surface area contributed by atoms with Crippen LogP contribution in [0.25, 0.3) is 11.4 Å². The maximum atomic E-state index is 6.10. The molecule has 0 aliphatic rings. The van der Waals surface area contributed by atoms with E-state index in [1.165, 1.54) is 0 Å². The summed E-state index contributed by atoms with van der Waals surface area (Å²) in [6.07, 6.45) is 0. The third-order valence-electron chi connectivity index (χ3n) is 2.11. The van der Waals surface area contributed by atoms with Gasteiger partial charge < -0.3 is 0 Å². The van der Waals surface area contributed by atoms with Crippen LogP contribution in [0.1, 0.15) is 6.92 Å². The molecule has 0 N–H and O–H groups in total. The van der Waals surface area contributed by atoms with E-state index in [0.717, 1.165) is 16.5 Å². The van der Waals surface area contributed by atoms with Crippen molar-refractivity contribution in [1.82, 2.24) is 14.8 Å². The molecule has 0 aliphatic carbocycles. The van der Waals surface area contributed by atoms with Crippen molar-refractivity contribution >= 4 is 23.4 Å². The van der Waals surface area contributed by atoms with Crippen LogP contribution in [0.2, 0.25) is 5.02 Å². The molecule has 16 heavy (non-hydrogen) atoms. The van der Waals surface area contributed by atoms with E-state index >= 15 is 0 Å². The highest BCUT2D eigenvalue weighted by Gasteiger charge is 2.11. The molecule has 0 fully saturated rings. The number of rotatable bonds is 3. The molecule has 2 aromatic rings. The number of hydrogen-bond donors (Lipinski definition) is 0. The van der Waals surface area contributed by atoms with E-state index in [1.54, 1.807) is 16.4 Å². The average Bonchev–Trinajstić information content (AvgIpc) is 2.61. The third kappa shape index (κ3) is 2.23. The summed E-state index contributed by atoms with van der Waals surface area (Å²) < 4.78 is 1.78. The molecule has 0 unspecified atom stereocenters. The van der Waals surface area contributed by atoms with Crippen LogP contribution >= 0.6 is 23.4 Å². The zero-order valence-corrected chi connectivity index (χ0v) is 10.7. The van der Waals surface area contributed by atoms with Gasteiger partial charge in [-0.2, -0.15) is 5.10 Å². The number of thioether (sulfide) groups is 1. The van der Waals surface area contributed by atoms with Crippen LogP contribution in [-0.4, -0.2) is 20.5 Å². The summed E-state index contributed by atoms with van der Waals surface area (Å²) >= 11 is 7.77. The van der Waals surface area contributed by atoms with Crippen LogP contribution in [0.15, 0.2) is 29.4 Å². The van der Waals surface area contributed by atoms with Crippen LogP contribution in [-0.2, 0) is 7.05 Å². The lowest BCUT2D eigenvalue weighted by molar-refractivity contribution is 0.686. The minimum atomic E-state index is 0.682. The monoisotopic (exact) mass is 253 g/mol. The Bertz CT molecular complexity index is 496. The molecule has 84 valence electrons. The Hall–Kier alpha value is -1.00. The Morgan fingerprint density at radius 3 is 2.81 bits per heavy atom. The minimum absolute atomic E-state index is 0.682. The molecule has 0 saturated heterocycles. The van der Waals surface area contributed by atoms with Gasteiger partial charge in [-0.1, -0.05) is 42.4 Å². The van der Waals surface area contributed by atoms with E-state index < -0.39 is 0 Å². The van der Waals surface area contributed by atoms with Crippen molar-refractivity contribution in [3.63, 3.8) is 0 Å². The van der Waals surface area contributed by atoms with Gasteiger partial charge in [0.1, 0.15) is 0 Å². The van der Waals surface area contributed by atoms with Gasteiger partial charge in [0.05, 0.1) is 5.02 Å². The summed E-state index contributed by atoms with van der Waals surface area (Å²) in [4.78, 5) is 4.46. The van der Waals surface area contributed by atoms with Gasteiger partial charge in [0.15, 0.2) is 11.0 Å². The summed E-state index contributed by atoms with van der Waals surface area (Å²) in [5, 5.41) is 5.96. The van der Waals surface area contributed by atoms with Gasteiger partial charge in [-0.3, -0.25) is 0 Å². The van der Waals surface area contributed by atoms with E-state index in [9.17, 15) is 0 Å². The Kier molecular flexibility index (Phi) is 3.51. The number of nitrogens with zero attached hydrogens (tertiary/aromatic N) is 3. The van der Waals surface area contributed by atoms with Crippen LogP contribution in [0, 0.1) is 0 Å². The predicted octanol–water partition coefficient (Wildman–Crippen LogP) is 3.25. The number of aromatic nitrogens is 3. The first-order chi connectivity index (χ1) is 7.72. The van der Waals surface area contributed by atoms with Crippen LogP contribution < -0.4 is 0 Å². The van der Waals surface area contributed by atoms with E-state index in [0.29, 0.717) is 10.8 Å². The van der Waals surface area contributed by atoms with Gasteiger partial charge in [-0.25, -0.2) is 9.67 Å². The summed E-state index contributed by atoms with van der Waals surface area (Å²) in [5.41, 5.74) is 0.878. The van der Waals surface area contributed by atoms with Crippen molar-refractivity contribution in [2.45, 2.75) is 12.1 Å². The molecule has 1 aromatic carbocycles. The molecular weight excluding hydrogens is 242 g/mol. The molecule has 0 bridgehead atoms. The smallest absolute Gasteiger partial charge is 0.186 e. The van der Waals surface area contributed by atoms with Crippen molar-refractivity contribution in [2.24, 2.45) is 7.05 Å². The number of benzene rings is 1. The molecule has 1 aromatic heterocycles. The van der Waals surface area contributed by atoms with E-state index in [-0.39, 0.29) is 0 Å². The summed E-state index contributed by atoms with van der Waals surface area (Å²) in [6.45, 7) is 2.09. The van der Waals surface area contributed by atoms with Gasteiger partial charge >= 0.3 is 0 Å². The lowest BCUT2D eigenvalue weighted by Crippen LogP contribution is -1.92. The fourth-order valence-corrected chi connectivity index (χ4v) is 2.24. The zero-order valence-electron chi connectivity index (χ0n) is 9.14. The van der Waals surface area contributed by atoms with Crippen molar-refractivity contribution in [2.75, 3.05) is 5.75 Å². The van der Waals surface area contributed by atoms with Crippen molar-refractivity contribution in [3.8, 4) is 11.4 Å². The number of aryl methyl sites for hydroxylation is 1. The maximum absolute atomic E-state index is 6.10. The standard InChI is InChI=1S/C11H12ClN3S/c1-3-16-11-13-10(14-15(11)2)8-6-4-5-7-9(8)12/h4-7H,3H2,1-2H3. The Labute approximate surface area is 104 Å². The highest BCUT2D eigenvalue weighted by molar-refractivity contribution is 7.99. The summed E-state index contributed by atoms with van der Waals surface area (Å²) in [6, 6.07) is 7.61. The van der Waals surface area contributed by atoms with E-state index in [1.807, 2.05) is 31.3 Å². The largest absolute Gasteiger partial charge is 0.243 e. The van der Waals surface area contributed by atoms with Gasteiger partial charge in [-0.05, 0) is 17.9 Å². The molecule has 0 amide bonds. The van der Waals surface area contributed by atoms with Crippen molar-refractivity contribution in [3.05, 3.63) is 29.3 Å². The van der Waals surface area contributed by atoms with Crippen LogP contribution in [0.4, 0.5) is 0 Å². The second-order valence-corrected chi connectivity index (χ2v) is 4.89. The highest BCUT2D eigenvalue weighted by Crippen LogP contribution is 2.26. The third-order valence-corrected chi connectivity index (χ3v) is 3.34. The van der Waals surface area contributed by atoms with Gasteiger partial charge in [-0.15, -0.1) is 0 Å². The van der Waals surface area contributed by atoms with Crippen LogP contribution in [0.3, 0.4) is 0 Å². The van der Waals surface area contributed by atoms with Crippen molar-refractivity contribution < 1.29 is 0 Å². The van der Waals surface area contributed by atoms with Gasteiger partial charge in [0.2, 0.25) is 0 Å². The molecule has 0 spiro atoms. The van der Waals surface area contributed by atoms with Crippen LogP contribution in [0.5, 0.6) is 0 Å². The highest BCUT2D eigenvalue weighted by atomic mass is 35.5. The van der Waals surface area contributed by atoms with Crippen molar-refractivity contribution in [1.29, 1.82) is 0 Å². The molecule has 3 nitrogen and oxygen atoms in total. The first-order valence-electron chi connectivity index (χ1n) is 5.01. The fraction of sp³-hybridized carbons (Fsp3) is 0.273. The quantitative estimate of drug-likeness (QED) is 0.787. The van der Waals surface area contributed by atoms with E-state index in [4.69, 9.17) is 11.6 Å². The Morgan fingerprint density at radius 1 is 1.38 bits per heavy atom. The lowest BCUT2D eigenvalue weighted by Gasteiger charge is -1.96. The fourth-order valence-electron chi connectivity index (χ4n) is 1.38. The Morgan fingerprint density at radius 2 is 2.12 bits per heavy atom. The molecule has 5 heteroatoms. The van der Waals surface area contributed by atoms with Gasteiger partial charge in [0.25, 0.3) is 0 Å². The molecule has 0 saturated carbocycles. The summed E-state index contributed by atoms with van der Waals surface area (Å²) in [7, 11) is 1.89. The summed E-state index contributed by atoms with van der Waals surface area (Å²) in [5.74, 6) is 1.66. The molecular formula is C11H12ClN3S. The second-order valence-electron chi connectivity index (χ2n) is 3.25. The predicted molar refractivity (Wildman–Crippen MR) is 67.8 cm³/mol. The van der Waals surface area contributed by atoms with Gasteiger partial charge in [0, 0.05) is 12.6 Å². The van der Waals surface area contributed by atoms with E-state index in [2.05, 4.69) is 17.0 Å². The minimum Gasteiger partial charge on any atom is -0.243 e. The Balaban J connectivity index is 2.42. The SMILES string of the molecule is CCSc1nc(-c2ccccc2Cl)nn1C. The normalized spacial score (nSPS) is 10.7. The molecule has 2 rings (SSSR count). The molecule has 1 heterocycles. The molecule has 0 atom stereocenters. The lowest BCUT2D eigenvalue weighted by atomic mass is 10.2. The molecule has 0 radical (unpaired) electrons.